The summed E-state index contributed by atoms with van der Waals surface area (Å²) in [6.45, 7) is 5.54. The number of nitrogens with zero attached hydrogens (tertiary/aromatic N) is 1. The molecule has 1 heterocycles. The highest BCUT2D eigenvalue weighted by molar-refractivity contribution is 5.89. The molecular weight excluding hydrogens is 240 g/mol. The van der Waals surface area contributed by atoms with Crippen molar-refractivity contribution in [3.63, 3.8) is 0 Å². The van der Waals surface area contributed by atoms with Gasteiger partial charge in [-0.2, -0.15) is 0 Å². The Bertz CT molecular complexity index is 292. The maximum absolute atomic E-state index is 12.2. The topological polar surface area (TPSA) is 49.4 Å². The molecule has 0 spiro atoms. The number of rotatable bonds is 8. The average Bonchev–Trinajstić information content (AvgIpc) is 2.54. The summed E-state index contributed by atoms with van der Waals surface area (Å²) in [4.78, 5) is 25.6. The van der Waals surface area contributed by atoms with E-state index in [2.05, 4.69) is 12.2 Å². The summed E-state index contributed by atoms with van der Waals surface area (Å²) >= 11 is 0. The third-order valence-electron chi connectivity index (χ3n) is 3.74. The van der Waals surface area contributed by atoms with Crippen molar-refractivity contribution in [1.82, 2.24) is 10.2 Å². The maximum Gasteiger partial charge on any atom is 0.245 e. The second-order valence-corrected chi connectivity index (χ2v) is 5.37. The second kappa shape index (κ2) is 8.94. The molecule has 4 heteroatoms. The molecule has 0 saturated carbocycles. The highest BCUT2D eigenvalue weighted by atomic mass is 16.2. The number of nitrogens with one attached hydrogen (secondary N) is 1. The van der Waals surface area contributed by atoms with Crippen molar-refractivity contribution in [2.24, 2.45) is 0 Å². The molecular formula is C15H28N2O2. The summed E-state index contributed by atoms with van der Waals surface area (Å²) < 4.78 is 0. The minimum absolute atomic E-state index is 0.00523. The van der Waals surface area contributed by atoms with Gasteiger partial charge in [0.1, 0.15) is 6.04 Å². The first-order valence-electron chi connectivity index (χ1n) is 7.77. The molecule has 2 amide bonds. The Labute approximate surface area is 116 Å². The SMILES string of the molecule is CCCCCCCCN1CCC(=O)NC(CC)C1=O. The van der Waals surface area contributed by atoms with Crippen LogP contribution >= 0.6 is 0 Å². The zero-order valence-corrected chi connectivity index (χ0v) is 12.4. The lowest BCUT2D eigenvalue weighted by Crippen LogP contribution is -2.44. The quantitative estimate of drug-likeness (QED) is 0.688. The summed E-state index contributed by atoms with van der Waals surface area (Å²) in [5.74, 6) is 0.104. The molecule has 1 rings (SSSR count). The summed E-state index contributed by atoms with van der Waals surface area (Å²) in [5, 5.41) is 2.80. The van der Waals surface area contributed by atoms with Crippen molar-refractivity contribution in [2.75, 3.05) is 13.1 Å². The molecule has 1 aliphatic rings. The fourth-order valence-electron chi connectivity index (χ4n) is 2.48. The van der Waals surface area contributed by atoms with Crippen LogP contribution < -0.4 is 5.32 Å². The number of carbonyl (C=O) groups excluding carboxylic acids is 2. The first-order valence-corrected chi connectivity index (χ1v) is 7.77. The molecule has 0 aliphatic carbocycles. The second-order valence-electron chi connectivity index (χ2n) is 5.37. The predicted molar refractivity (Wildman–Crippen MR) is 76.8 cm³/mol. The zero-order valence-electron chi connectivity index (χ0n) is 12.4. The zero-order chi connectivity index (χ0) is 14.1. The molecule has 1 aliphatic heterocycles. The molecule has 1 N–H and O–H groups in total. The van der Waals surface area contributed by atoms with E-state index >= 15 is 0 Å². The Hall–Kier alpha value is -1.06. The van der Waals surface area contributed by atoms with E-state index in [1.54, 1.807) is 0 Å². The number of amides is 2. The van der Waals surface area contributed by atoms with E-state index in [0.29, 0.717) is 19.4 Å². The first-order chi connectivity index (χ1) is 9.19. The standard InChI is InChI=1S/C15H28N2O2/c1-3-5-6-7-8-9-11-17-12-10-14(18)16-13(4-2)15(17)19/h13H,3-12H2,1-2H3,(H,16,18). The van der Waals surface area contributed by atoms with E-state index in [9.17, 15) is 9.59 Å². The van der Waals surface area contributed by atoms with Gasteiger partial charge in [-0.05, 0) is 12.8 Å². The molecule has 4 nitrogen and oxygen atoms in total. The Balaban J connectivity index is 2.30. The largest absolute Gasteiger partial charge is 0.344 e. The van der Waals surface area contributed by atoms with Crippen LogP contribution in [0.3, 0.4) is 0 Å². The van der Waals surface area contributed by atoms with Gasteiger partial charge in [-0.15, -0.1) is 0 Å². The van der Waals surface area contributed by atoms with Crippen LogP contribution in [0.15, 0.2) is 0 Å². The van der Waals surface area contributed by atoms with E-state index in [4.69, 9.17) is 0 Å². The van der Waals surface area contributed by atoms with Crippen LogP contribution in [0.4, 0.5) is 0 Å². The van der Waals surface area contributed by atoms with Gasteiger partial charge in [-0.3, -0.25) is 9.59 Å². The van der Waals surface area contributed by atoms with E-state index < -0.39 is 0 Å². The van der Waals surface area contributed by atoms with E-state index in [-0.39, 0.29) is 17.9 Å². The van der Waals surface area contributed by atoms with Crippen LogP contribution in [-0.2, 0) is 9.59 Å². The summed E-state index contributed by atoms with van der Waals surface area (Å²) in [6.07, 6.45) is 8.47. The summed E-state index contributed by atoms with van der Waals surface area (Å²) in [7, 11) is 0. The van der Waals surface area contributed by atoms with Gasteiger partial charge in [0.15, 0.2) is 0 Å². The van der Waals surface area contributed by atoms with Crippen LogP contribution in [0.25, 0.3) is 0 Å². The van der Waals surface area contributed by atoms with Crippen LogP contribution in [0.1, 0.15) is 65.2 Å². The van der Waals surface area contributed by atoms with Gasteiger partial charge in [-0.25, -0.2) is 0 Å². The van der Waals surface area contributed by atoms with Crippen LogP contribution in [0, 0.1) is 0 Å². The lowest BCUT2D eigenvalue weighted by molar-refractivity contribution is -0.133. The molecule has 0 aromatic carbocycles. The molecule has 19 heavy (non-hydrogen) atoms. The van der Waals surface area contributed by atoms with Gasteiger partial charge in [-0.1, -0.05) is 46.0 Å². The number of unbranched alkanes of at least 4 members (excludes halogenated alkanes) is 5. The molecule has 1 unspecified atom stereocenters. The molecule has 0 radical (unpaired) electrons. The molecule has 110 valence electrons. The highest BCUT2D eigenvalue weighted by Crippen LogP contribution is 2.10. The Morgan fingerprint density at radius 3 is 2.47 bits per heavy atom. The first kappa shape index (κ1) is 16.0. The van der Waals surface area contributed by atoms with Crippen molar-refractivity contribution in [3.05, 3.63) is 0 Å². The Kier molecular flexibility index (Phi) is 7.53. The molecule has 1 fully saturated rings. The Morgan fingerprint density at radius 2 is 1.79 bits per heavy atom. The fraction of sp³-hybridized carbons (Fsp3) is 0.867. The van der Waals surface area contributed by atoms with Gasteiger partial charge in [0, 0.05) is 19.5 Å². The van der Waals surface area contributed by atoms with Gasteiger partial charge in [0.05, 0.1) is 0 Å². The van der Waals surface area contributed by atoms with Crippen molar-refractivity contribution >= 4 is 11.8 Å². The monoisotopic (exact) mass is 268 g/mol. The normalized spacial score (nSPS) is 20.3. The van der Waals surface area contributed by atoms with E-state index in [1.165, 1.54) is 32.1 Å². The van der Waals surface area contributed by atoms with Gasteiger partial charge >= 0.3 is 0 Å². The smallest absolute Gasteiger partial charge is 0.245 e. The lowest BCUT2D eigenvalue weighted by atomic mass is 10.1. The van der Waals surface area contributed by atoms with Crippen LogP contribution in [0.2, 0.25) is 0 Å². The van der Waals surface area contributed by atoms with Gasteiger partial charge in [0.2, 0.25) is 11.8 Å². The average molecular weight is 268 g/mol. The minimum atomic E-state index is -0.310. The third-order valence-corrected chi connectivity index (χ3v) is 3.74. The highest BCUT2D eigenvalue weighted by Gasteiger charge is 2.27. The molecule has 0 aromatic rings. The van der Waals surface area contributed by atoms with Gasteiger partial charge in [0.25, 0.3) is 0 Å². The molecule has 0 bridgehead atoms. The number of carbonyl (C=O) groups is 2. The summed E-state index contributed by atoms with van der Waals surface area (Å²) in [6, 6.07) is -0.310. The molecule has 0 aromatic heterocycles. The maximum atomic E-state index is 12.2. The van der Waals surface area contributed by atoms with Crippen molar-refractivity contribution in [1.29, 1.82) is 0 Å². The van der Waals surface area contributed by atoms with Crippen molar-refractivity contribution in [3.8, 4) is 0 Å². The van der Waals surface area contributed by atoms with Gasteiger partial charge < -0.3 is 10.2 Å². The van der Waals surface area contributed by atoms with Crippen molar-refractivity contribution < 1.29 is 9.59 Å². The number of hydrogen-bond donors (Lipinski definition) is 1. The fourth-order valence-corrected chi connectivity index (χ4v) is 2.48. The summed E-state index contributed by atoms with van der Waals surface area (Å²) in [5.41, 5.74) is 0. The van der Waals surface area contributed by atoms with E-state index in [0.717, 1.165) is 13.0 Å². The lowest BCUT2D eigenvalue weighted by Gasteiger charge is -2.23. The van der Waals surface area contributed by atoms with Crippen molar-refractivity contribution in [2.45, 2.75) is 71.3 Å². The molecule has 1 saturated heterocycles. The molecule has 1 atom stereocenters. The van der Waals surface area contributed by atoms with Crippen LogP contribution in [-0.4, -0.2) is 35.8 Å². The van der Waals surface area contributed by atoms with E-state index in [1.807, 2.05) is 11.8 Å². The van der Waals surface area contributed by atoms with Crippen LogP contribution in [0.5, 0.6) is 0 Å². The predicted octanol–water partition coefficient (Wildman–Crippen LogP) is 2.47. The Morgan fingerprint density at radius 1 is 1.11 bits per heavy atom. The number of hydrogen-bond acceptors (Lipinski definition) is 2. The third kappa shape index (κ3) is 5.62. The minimum Gasteiger partial charge on any atom is -0.344 e.